The molecule has 0 unspecified atom stereocenters. The molecule has 160 valence electrons. The van der Waals surface area contributed by atoms with Crippen LogP contribution in [0.4, 0.5) is 5.00 Å². The van der Waals surface area contributed by atoms with Crippen LogP contribution < -0.4 is 5.32 Å². The number of aryl methyl sites for hydroxylation is 1. The average Bonchev–Trinajstić information content (AvgIpc) is 3.37. The molecular weight excluding hydrogens is 432 g/mol. The molecule has 10 heteroatoms. The van der Waals surface area contributed by atoms with Gasteiger partial charge in [-0.2, -0.15) is 5.26 Å². The molecule has 0 saturated carbocycles. The molecule has 0 atom stereocenters. The summed E-state index contributed by atoms with van der Waals surface area (Å²) in [6.45, 7) is 1.07. The maximum absolute atomic E-state index is 12.6. The second-order valence-electron chi connectivity index (χ2n) is 7.05. The summed E-state index contributed by atoms with van der Waals surface area (Å²) in [5.41, 5.74) is 2.64. The zero-order valence-electron chi connectivity index (χ0n) is 17.1. The second kappa shape index (κ2) is 10.0. The quantitative estimate of drug-likeness (QED) is 0.519. The zero-order valence-corrected chi connectivity index (χ0v) is 18.8. The monoisotopic (exact) mass is 454 g/mol. The molecule has 0 aromatic carbocycles. The third-order valence-corrected chi connectivity index (χ3v) is 7.22. The lowest BCUT2D eigenvalue weighted by molar-refractivity contribution is -0.113. The number of amides is 1. The summed E-state index contributed by atoms with van der Waals surface area (Å²) in [4.78, 5) is 17.9. The second-order valence-corrected chi connectivity index (χ2v) is 9.10. The molecule has 0 spiro atoms. The number of rotatable bonds is 8. The van der Waals surface area contributed by atoms with Gasteiger partial charge in [-0.15, -0.1) is 21.5 Å². The number of thioether (sulfide) groups is 1. The van der Waals surface area contributed by atoms with E-state index in [1.54, 1.807) is 19.5 Å². The lowest BCUT2D eigenvalue weighted by Crippen LogP contribution is -2.15. The highest BCUT2D eigenvalue weighted by Gasteiger charge is 2.22. The normalized spacial score (nSPS) is 12.9. The molecule has 0 aliphatic heterocycles. The number of ether oxygens (including phenoxy) is 1. The van der Waals surface area contributed by atoms with Crippen molar-refractivity contribution in [2.45, 2.75) is 37.4 Å². The van der Waals surface area contributed by atoms with Crippen LogP contribution in [0.15, 0.2) is 29.7 Å². The highest BCUT2D eigenvalue weighted by Crippen LogP contribution is 2.37. The first kappa shape index (κ1) is 21.5. The minimum absolute atomic E-state index is 0.160. The molecule has 3 heterocycles. The minimum Gasteiger partial charge on any atom is -0.383 e. The van der Waals surface area contributed by atoms with Crippen molar-refractivity contribution in [2.75, 3.05) is 24.8 Å². The standard InChI is InChI=1S/C21H22N6O2S2/c1-29-11-10-27-19(14-6-8-23-9-7-14)25-26-21(27)30-13-18(28)24-20-16(12-22)15-4-2-3-5-17(15)31-20/h6-9H,2-5,10-11,13H2,1H3,(H,24,28). The van der Waals surface area contributed by atoms with Gasteiger partial charge in [-0.1, -0.05) is 11.8 Å². The maximum atomic E-state index is 12.6. The number of thiophene rings is 1. The fourth-order valence-corrected chi connectivity index (χ4v) is 5.58. The van der Waals surface area contributed by atoms with Gasteiger partial charge >= 0.3 is 0 Å². The fraction of sp³-hybridized carbons (Fsp3) is 0.381. The Morgan fingerprint density at radius 1 is 1.32 bits per heavy atom. The van der Waals surface area contributed by atoms with E-state index in [-0.39, 0.29) is 11.7 Å². The van der Waals surface area contributed by atoms with Gasteiger partial charge in [-0.3, -0.25) is 14.3 Å². The number of carbonyl (C=O) groups excluding carboxylic acids is 1. The Hall–Kier alpha value is -2.74. The van der Waals surface area contributed by atoms with Gasteiger partial charge in [0.1, 0.15) is 11.1 Å². The Balaban J connectivity index is 1.47. The summed E-state index contributed by atoms with van der Waals surface area (Å²) < 4.78 is 7.17. The number of nitrogens with zero attached hydrogens (tertiary/aromatic N) is 5. The predicted molar refractivity (Wildman–Crippen MR) is 120 cm³/mol. The molecule has 0 fully saturated rings. The van der Waals surface area contributed by atoms with Gasteiger partial charge in [0.25, 0.3) is 0 Å². The first-order valence-corrected chi connectivity index (χ1v) is 11.8. The summed E-state index contributed by atoms with van der Waals surface area (Å²) in [6.07, 6.45) is 7.55. The van der Waals surface area contributed by atoms with Crippen LogP contribution in [0.3, 0.4) is 0 Å². The minimum atomic E-state index is -0.160. The van der Waals surface area contributed by atoms with Gasteiger partial charge < -0.3 is 10.1 Å². The zero-order chi connectivity index (χ0) is 21.6. The van der Waals surface area contributed by atoms with Crippen molar-refractivity contribution in [3.05, 3.63) is 40.5 Å². The number of hydrogen-bond acceptors (Lipinski definition) is 8. The number of nitriles is 1. The molecule has 0 bridgehead atoms. The number of methoxy groups -OCH3 is 1. The Morgan fingerprint density at radius 3 is 2.90 bits per heavy atom. The Kier molecular flexibility index (Phi) is 6.96. The molecule has 0 radical (unpaired) electrons. The predicted octanol–water partition coefficient (Wildman–Crippen LogP) is 3.53. The Labute approximate surface area is 188 Å². The molecule has 1 amide bonds. The van der Waals surface area contributed by atoms with Crippen LogP contribution in [0.5, 0.6) is 0 Å². The van der Waals surface area contributed by atoms with Crippen molar-refractivity contribution >= 4 is 34.0 Å². The van der Waals surface area contributed by atoms with Crippen molar-refractivity contribution in [3.8, 4) is 17.5 Å². The van der Waals surface area contributed by atoms with Crippen molar-refractivity contribution in [2.24, 2.45) is 0 Å². The Morgan fingerprint density at radius 2 is 2.13 bits per heavy atom. The third kappa shape index (κ3) is 4.79. The molecule has 3 aromatic rings. The fourth-order valence-electron chi connectivity index (χ4n) is 3.56. The van der Waals surface area contributed by atoms with Crippen LogP contribution in [-0.4, -0.2) is 45.1 Å². The summed E-state index contributed by atoms with van der Waals surface area (Å²) in [6, 6.07) is 6.02. The van der Waals surface area contributed by atoms with E-state index in [0.29, 0.717) is 34.7 Å². The van der Waals surface area contributed by atoms with E-state index in [2.05, 4.69) is 26.6 Å². The number of carbonyl (C=O) groups is 1. The molecule has 0 saturated heterocycles. The number of fused-ring (bicyclic) bond motifs is 1. The molecule has 8 nitrogen and oxygen atoms in total. The molecule has 1 N–H and O–H groups in total. The molecule has 1 aliphatic rings. The van der Waals surface area contributed by atoms with Gasteiger partial charge in [0, 0.05) is 29.9 Å². The van der Waals surface area contributed by atoms with Gasteiger partial charge in [-0.25, -0.2) is 0 Å². The summed E-state index contributed by atoms with van der Waals surface area (Å²) in [5.74, 6) is 0.724. The van der Waals surface area contributed by atoms with Gasteiger partial charge in [0.05, 0.1) is 24.5 Å². The van der Waals surface area contributed by atoms with Crippen LogP contribution >= 0.6 is 23.1 Å². The van der Waals surface area contributed by atoms with E-state index < -0.39 is 0 Å². The van der Waals surface area contributed by atoms with Gasteiger partial charge in [0.2, 0.25) is 5.91 Å². The van der Waals surface area contributed by atoms with E-state index in [4.69, 9.17) is 4.74 Å². The van der Waals surface area contributed by atoms with E-state index in [9.17, 15) is 10.1 Å². The van der Waals surface area contributed by atoms with E-state index in [1.165, 1.54) is 28.0 Å². The van der Waals surface area contributed by atoms with E-state index in [1.807, 2.05) is 16.7 Å². The lowest BCUT2D eigenvalue weighted by atomic mass is 9.96. The first-order valence-electron chi connectivity index (χ1n) is 10.0. The maximum Gasteiger partial charge on any atom is 0.235 e. The largest absolute Gasteiger partial charge is 0.383 e. The smallest absolute Gasteiger partial charge is 0.235 e. The number of hydrogen-bond donors (Lipinski definition) is 1. The SMILES string of the molecule is COCCn1c(SCC(=O)Nc2sc3c(c2C#N)CCCC3)nnc1-c1ccncc1. The first-order chi connectivity index (χ1) is 15.2. The van der Waals surface area contributed by atoms with Gasteiger partial charge in [0.15, 0.2) is 11.0 Å². The van der Waals surface area contributed by atoms with Crippen molar-refractivity contribution < 1.29 is 9.53 Å². The van der Waals surface area contributed by atoms with Gasteiger partial charge in [-0.05, 0) is 43.4 Å². The Bertz CT molecular complexity index is 1100. The third-order valence-electron chi connectivity index (χ3n) is 5.04. The number of pyridine rings is 1. The van der Waals surface area contributed by atoms with Crippen LogP contribution in [0.25, 0.3) is 11.4 Å². The average molecular weight is 455 g/mol. The van der Waals surface area contributed by atoms with Crippen molar-refractivity contribution in [3.63, 3.8) is 0 Å². The van der Waals surface area contributed by atoms with Crippen molar-refractivity contribution in [1.82, 2.24) is 19.7 Å². The van der Waals surface area contributed by atoms with Crippen LogP contribution in [0.2, 0.25) is 0 Å². The summed E-state index contributed by atoms with van der Waals surface area (Å²) in [7, 11) is 1.64. The molecule has 3 aromatic heterocycles. The van der Waals surface area contributed by atoms with E-state index >= 15 is 0 Å². The van der Waals surface area contributed by atoms with Crippen LogP contribution in [0, 0.1) is 11.3 Å². The molecule has 1 aliphatic carbocycles. The number of aromatic nitrogens is 4. The summed E-state index contributed by atoms with van der Waals surface area (Å²) in [5, 5.41) is 22.4. The summed E-state index contributed by atoms with van der Waals surface area (Å²) >= 11 is 2.85. The molecular formula is C21H22N6O2S2. The molecule has 4 rings (SSSR count). The molecule has 31 heavy (non-hydrogen) atoms. The van der Waals surface area contributed by atoms with Crippen LogP contribution in [-0.2, 0) is 28.9 Å². The number of anilines is 1. The lowest BCUT2D eigenvalue weighted by Gasteiger charge is -2.10. The van der Waals surface area contributed by atoms with E-state index in [0.717, 1.165) is 36.8 Å². The number of nitrogens with one attached hydrogen (secondary N) is 1. The highest BCUT2D eigenvalue weighted by molar-refractivity contribution is 7.99. The highest BCUT2D eigenvalue weighted by atomic mass is 32.2. The van der Waals surface area contributed by atoms with Crippen LogP contribution in [0.1, 0.15) is 28.8 Å². The van der Waals surface area contributed by atoms with Crippen molar-refractivity contribution in [1.29, 1.82) is 5.26 Å². The topological polar surface area (TPSA) is 106 Å².